The molecule has 2 amide bonds. The van der Waals surface area contributed by atoms with Crippen LogP contribution in [-0.2, 0) is 14.3 Å². The summed E-state index contributed by atoms with van der Waals surface area (Å²) in [6, 6.07) is 3.10. The number of carbonyl (C=O) groups is 2. The van der Waals surface area contributed by atoms with Crippen molar-refractivity contribution in [1.29, 1.82) is 0 Å². The summed E-state index contributed by atoms with van der Waals surface area (Å²) in [6.45, 7) is 1.51. The van der Waals surface area contributed by atoms with Crippen LogP contribution < -0.4 is 20.2 Å². The van der Waals surface area contributed by atoms with Gasteiger partial charge in [0.15, 0.2) is 0 Å². The number of rotatable bonds is 8. The molecular formula is C15H20ClN3O5. The molecule has 0 aromatic heterocycles. The zero-order valence-corrected chi connectivity index (χ0v) is 14.7. The molecule has 1 aromatic carbocycles. The normalized spacial score (nSPS) is 11.0. The van der Waals surface area contributed by atoms with E-state index in [0.29, 0.717) is 27.9 Å². The second-order valence-corrected chi connectivity index (χ2v) is 5.13. The van der Waals surface area contributed by atoms with E-state index in [-0.39, 0.29) is 18.9 Å². The number of hydrogen-bond acceptors (Lipinski definition) is 6. The number of methoxy groups -OCH3 is 3. The van der Waals surface area contributed by atoms with Gasteiger partial charge in [-0.3, -0.25) is 9.59 Å². The molecule has 0 heterocycles. The highest BCUT2D eigenvalue weighted by Gasteiger charge is 2.13. The first-order valence-corrected chi connectivity index (χ1v) is 7.31. The van der Waals surface area contributed by atoms with Gasteiger partial charge in [0.2, 0.25) is 5.91 Å². The lowest BCUT2D eigenvalue weighted by Crippen LogP contribution is -2.24. The summed E-state index contributed by atoms with van der Waals surface area (Å²) in [5.41, 5.74) is 3.13. The highest BCUT2D eigenvalue weighted by atomic mass is 35.5. The van der Waals surface area contributed by atoms with E-state index in [4.69, 9.17) is 21.1 Å². The van der Waals surface area contributed by atoms with E-state index in [1.54, 1.807) is 19.1 Å². The molecule has 0 bridgehead atoms. The van der Waals surface area contributed by atoms with Gasteiger partial charge in [-0.1, -0.05) is 11.6 Å². The first-order chi connectivity index (χ1) is 11.4. The largest absolute Gasteiger partial charge is 0.495 e. The second kappa shape index (κ2) is 9.74. The van der Waals surface area contributed by atoms with Crippen molar-refractivity contribution in [1.82, 2.24) is 5.43 Å². The number of benzene rings is 1. The van der Waals surface area contributed by atoms with Crippen molar-refractivity contribution in [2.24, 2.45) is 5.10 Å². The summed E-state index contributed by atoms with van der Waals surface area (Å²) in [4.78, 5) is 23.3. The number of hydrogen-bond donors (Lipinski definition) is 2. The Morgan fingerprint density at radius 3 is 2.38 bits per heavy atom. The predicted molar refractivity (Wildman–Crippen MR) is 90.9 cm³/mol. The molecular weight excluding hydrogens is 338 g/mol. The molecule has 0 atom stereocenters. The van der Waals surface area contributed by atoms with Crippen LogP contribution in [0.1, 0.15) is 13.3 Å². The molecule has 0 saturated heterocycles. The van der Waals surface area contributed by atoms with Gasteiger partial charge in [0.25, 0.3) is 5.91 Å². The van der Waals surface area contributed by atoms with Gasteiger partial charge >= 0.3 is 0 Å². The van der Waals surface area contributed by atoms with E-state index in [2.05, 4.69) is 20.6 Å². The van der Waals surface area contributed by atoms with Crippen molar-refractivity contribution in [2.75, 3.05) is 33.3 Å². The minimum atomic E-state index is -0.402. The Labute approximate surface area is 145 Å². The number of hydrazone groups is 1. The maximum atomic E-state index is 12.1. The van der Waals surface area contributed by atoms with Crippen LogP contribution in [0.25, 0.3) is 0 Å². The first-order valence-electron chi connectivity index (χ1n) is 6.93. The number of carbonyl (C=O) groups excluding carboxylic acids is 2. The van der Waals surface area contributed by atoms with Gasteiger partial charge in [0, 0.05) is 25.0 Å². The Kier molecular flexibility index (Phi) is 8.00. The molecule has 0 spiro atoms. The van der Waals surface area contributed by atoms with Crippen LogP contribution in [0.4, 0.5) is 5.69 Å². The van der Waals surface area contributed by atoms with Crippen molar-refractivity contribution in [3.05, 3.63) is 17.2 Å². The van der Waals surface area contributed by atoms with Gasteiger partial charge in [-0.25, -0.2) is 5.43 Å². The molecule has 0 unspecified atom stereocenters. The third-order valence-corrected chi connectivity index (χ3v) is 3.11. The minimum Gasteiger partial charge on any atom is -0.495 e. The zero-order valence-electron chi connectivity index (χ0n) is 13.9. The number of nitrogens with zero attached hydrogens (tertiary/aromatic N) is 1. The third-order valence-electron chi connectivity index (χ3n) is 2.81. The van der Waals surface area contributed by atoms with Gasteiger partial charge in [-0.2, -0.15) is 5.10 Å². The number of nitrogens with one attached hydrogen (secondary N) is 2. The molecule has 1 rings (SSSR count). The van der Waals surface area contributed by atoms with E-state index >= 15 is 0 Å². The summed E-state index contributed by atoms with van der Waals surface area (Å²) in [5, 5.41) is 6.87. The van der Waals surface area contributed by atoms with Crippen LogP contribution >= 0.6 is 11.6 Å². The maximum Gasteiger partial charge on any atom is 0.266 e. The van der Waals surface area contributed by atoms with Crippen molar-refractivity contribution in [3.63, 3.8) is 0 Å². The molecule has 8 nitrogen and oxygen atoms in total. The fourth-order valence-electron chi connectivity index (χ4n) is 1.75. The average Bonchev–Trinajstić information content (AvgIpc) is 2.54. The lowest BCUT2D eigenvalue weighted by Gasteiger charge is -2.13. The summed E-state index contributed by atoms with van der Waals surface area (Å²) in [5.74, 6) is 0.0726. The van der Waals surface area contributed by atoms with Crippen molar-refractivity contribution < 1.29 is 23.8 Å². The van der Waals surface area contributed by atoms with Gasteiger partial charge in [0.05, 0.1) is 31.4 Å². The van der Waals surface area contributed by atoms with Crippen molar-refractivity contribution >= 4 is 34.8 Å². The number of anilines is 1. The number of amides is 2. The standard InChI is InChI=1S/C15H20ClN3O5/c1-9(18-19-15(21)8-22-2)5-14(20)17-11-7-12(23-3)10(16)6-13(11)24-4/h6-7H,5,8H2,1-4H3,(H,17,20)(H,19,21)/b18-9-. The highest BCUT2D eigenvalue weighted by molar-refractivity contribution is 6.32. The fourth-order valence-corrected chi connectivity index (χ4v) is 1.98. The fraction of sp³-hybridized carbons (Fsp3) is 0.400. The van der Waals surface area contributed by atoms with Crippen LogP contribution in [0.2, 0.25) is 5.02 Å². The molecule has 0 aliphatic rings. The molecule has 0 saturated carbocycles. The predicted octanol–water partition coefficient (Wildman–Crippen LogP) is 1.82. The molecule has 2 N–H and O–H groups in total. The smallest absolute Gasteiger partial charge is 0.266 e. The second-order valence-electron chi connectivity index (χ2n) is 4.73. The Balaban J connectivity index is 2.74. The van der Waals surface area contributed by atoms with Crippen LogP contribution in [0.3, 0.4) is 0 Å². The van der Waals surface area contributed by atoms with Crippen molar-refractivity contribution in [2.45, 2.75) is 13.3 Å². The summed E-state index contributed by atoms with van der Waals surface area (Å²) in [6.07, 6.45) is -0.0125. The lowest BCUT2D eigenvalue weighted by molar-refractivity contribution is -0.124. The first kappa shape index (κ1) is 19.7. The van der Waals surface area contributed by atoms with Crippen molar-refractivity contribution in [3.8, 4) is 11.5 Å². The number of halogens is 1. The van der Waals surface area contributed by atoms with Crippen LogP contribution in [0.5, 0.6) is 11.5 Å². The quantitative estimate of drug-likeness (QED) is 0.546. The van der Waals surface area contributed by atoms with E-state index in [0.717, 1.165) is 0 Å². The molecule has 0 fully saturated rings. The van der Waals surface area contributed by atoms with Crippen LogP contribution in [0, 0.1) is 0 Å². The zero-order chi connectivity index (χ0) is 18.1. The summed E-state index contributed by atoms with van der Waals surface area (Å²) in [7, 11) is 4.34. The topological polar surface area (TPSA) is 98.2 Å². The van der Waals surface area contributed by atoms with Crippen LogP contribution in [-0.4, -0.2) is 45.5 Å². The van der Waals surface area contributed by atoms with E-state index in [9.17, 15) is 9.59 Å². The van der Waals surface area contributed by atoms with Crippen LogP contribution in [0.15, 0.2) is 17.2 Å². The van der Waals surface area contributed by atoms with Gasteiger partial charge in [-0.05, 0) is 6.92 Å². The molecule has 132 valence electrons. The summed E-state index contributed by atoms with van der Waals surface area (Å²) >= 11 is 6.01. The van der Waals surface area contributed by atoms with E-state index < -0.39 is 5.91 Å². The molecule has 9 heteroatoms. The molecule has 0 radical (unpaired) electrons. The minimum absolute atomic E-state index is 0.0125. The van der Waals surface area contributed by atoms with Gasteiger partial charge < -0.3 is 19.5 Å². The van der Waals surface area contributed by atoms with Gasteiger partial charge in [0.1, 0.15) is 18.1 Å². The average molecular weight is 358 g/mol. The SMILES string of the molecule is COCC(=O)N/N=C(/C)CC(=O)Nc1cc(OC)c(Cl)cc1OC. The van der Waals surface area contributed by atoms with Gasteiger partial charge in [-0.15, -0.1) is 0 Å². The Morgan fingerprint density at radius 2 is 1.79 bits per heavy atom. The lowest BCUT2D eigenvalue weighted by atomic mass is 10.2. The Morgan fingerprint density at radius 1 is 1.12 bits per heavy atom. The third kappa shape index (κ3) is 6.05. The molecule has 0 aliphatic carbocycles. The van der Waals surface area contributed by atoms with E-state index in [1.165, 1.54) is 21.3 Å². The summed E-state index contributed by atoms with van der Waals surface area (Å²) < 4.78 is 15.0. The monoisotopic (exact) mass is 357 g/mol. The Hall–Kier alpha value is -2.32. The molecule has 1 aromatic rings. The maximum absolute atomic E-state index is 12.1. The highest BCUT2D eigenvalue weighted by Crippen LogP contribution is 2.35. The number of ether oxygens (including phenoxy) is 3. The van der Waals surface area contributed by atoms with E-state index in [1.807, 2.05) is 0 Å². The molecule has 24 heavy (non-hydrogen) atoms. The molecule has 0 aliphatic heterocycles. The Bertz CT molecular complexity index is 634.